The van der Waals surface area contributed by atoms with Crippen LogP contribution < -0.4 is 10.1 Å². The third-order valence-electron chi connectivity index (χ3n) is 4.39. The lowest BCUT2D eigenvalue weighted by molar-refractivity contribution is 0.102. The molecule has 0 spiro atoms. The van der Waals surface area contributed by atoms with Crippen LogP contribution in [0.25, 0.3) is 22.2 Å². The summed E-state index contributed by atoms with van der Waals surface area (Å²) in [6.45, 7) is 1.99. The molecule has 0 unspecified atom stereocenters. The topological polar surface area (TPSA) is 77.0 Å². The molecule has 0 fully saturated rings. The van der Waals surface area contributed by atoms with Gasteiger partial charge in [-0.25, -0.2) is 4.98 Å². The number of benzene rings is 2. The van der Waals surface area contributed by atoms with Crippen LogP contribution in [0.3, 0.4) is 0 Å². The zero-order chi connectivity index (χ0) is 20.4. The molecule has 29 heavy (non-hydrogen) atoms. The minimum atomic E-state index is -0.297. The van der Waals surface area contributed by atoms with Crippen LogP contribution in [0.15, 0.2) is 48.5 Å². The molecule has 0 aliphatic rings. The van der Waals surface area contributed by atoms with Gasteiger partial charge in [-0.15, -0.1) is 10.2 Å². The molecule has 0 radical (unpaired) electrons. The zero-order valence-electron chi connectivity index (χ0n) is 15.8. The van der Waals surface area contributed by atoms with Crippen LogP contribution in [-0.4, -0.2) is 28.2 Å². The van der Waals surface area contributed by atoms with Gasteiger partial charge in [-0.2, -0.15) is 0 Å². The summed E-state index contributed by atoms with van der Waals surface area (Å²) < 4.78 is 5.46. The van der Waals surface area contributed by atoms with Crippen LogP contribution in [0.5, 0.6) is 5.75 Å². The molecule has 4 rings (SSSR count). The van der Waals surface area contributed by atoms with Gasteiger partial charge in [-0.3, -0.25) is 10.1 Å². The van der Waals surface area contributed by atoms with Gasteiger partial charge in [0.05, 0.1) is 23.9 Å². The van der Waals surface area contributed by atoms with Crippen LogP contribution in [0.2, 0.25) is 5.02 Å². The number of aryl methyl sites for hydroxylation is 1. The first-order valence-electron chi connectivity index (χ1n) is 8.96. The van der Waals surface area contributed by atoms with Gasteiger partial charge in [-0.1, -0.05) is 42.0 Å². The van der Waals surface area contributed by atoms with Gasteiger partial charge in [0.15, 0.2) is 0 Å². The zero-order valence-corrected chi connectivity index (χ0v) is 17.3. The lowest BCUT2D eigenvalue weighted by atomic mass is 10.0. The molecule has 0 aliphatic heterocycles. The van der Waals surface area contributed by atoms with Gasteiger partial charge in [0.25, 0.3) is 5.91 Å². The highest BCUT2D eigenvalue weighted by atomic mass is 35.5. The molecule has 4 aromatic rings. The summed E-state index contributed by atoms with van der Waals surface area (Å²) in [5.74, 6) is 0.381. The van der Waals surface area contributed by atoms with Crippen molar-refractivity contribution in [2.24, 2.45) is 0 Å². The summed E-state index contributed by atoms with van der Waals surface area (Å²) in [7, 11) is 1.61. The van der Waals surface area contributed by atoms with Crippen LogP contribution in [0.4, 0.5) is 5.13 Å². The number of aromatic nitrogens is 3. The van der Waals surface area contributed by atoms with Gasteiger partial charge in [0.2, 0.25) is 5.13 Å². The highest BCUT2D eigenvalue weighted by Gasteiger charge is 2.17. The first kappa shape index (κ1) is 19.3. The number of carbonyl (C=O) groups is 1. The molecule has 8 heteroatoms. The van der Waals surface area contributed by atoms with E-state index in [2.05, 4.69) is 15.5 Å². The second-order valence-corrected chi connectivity index (χ2v) is 7.72. The summed E-state index contributed by atoms with van der Waals surface area (Å²) >= 11 is 7.54. The maximum Gasteiger partial charge on any atom is 0.258 e. The van der Waals surface area contributed by atoms with Crippen LogP contribution in [0, 0.1) is 0 Å². The Morgan fingerprint density at radius 2 is 2.00 bits per heavy atom. The summed E-state index contributed by atoms with van der Waals surface area (Å²) in [4.78, 5) is 17.8. The Bertz CT molecular complexity index is 1210. The van der Waals surface area contributed by atoms with Crippen LogP contribution in [-0.2, 0) is 6.42 Å². The molecule has 2 heterocycles. The van der Waals surface area contributed by atoms with E-state index in [0.717, 1.165) is 17.0 Å². The summed E-state index contributed by atoms with van der Waals surface area (Å²) in [5, 5.41) is 13.4. The predicted octanol–water partition coefficient (Wildman–Crippen LogP) is 5.23. The lowest BCUT2D eigenvalue weighted by Gasteiger charge is -2.12. The van der Waals surface area contributed by atoms with E-state index in [9.17, 15) is 4.79 Å². The number of halogens is 1. The summed E-state index contributed by atoms with van der Waals surface area (Å²) in [5.41, 5.74) is 2.54. The molecule has 1 N–H and O–H groups in total. The van der Waals surface area contributed by atoms with E-state index in [1.807, 2.05) is 31.2 Å². The van der Waals surface area contributed by atoms with Crippen molar-refractivity contribution in [1.82, 2.24) is 15.2 Å². The molecule has 2 aromatic carbocycles. The monoisotopic (exact) mass is 424 g/mol. The maximum absolute atomic E-state index is 13.1. The summed E-state index contributed by atoms with van der Waals surface area (Å²) in [6, 6.07) is 14.6. The number of rotatable bonds is 5. The van der Waals surface area contributed by atoms with Gasteiger partial charge >= 0.3 is 0 Å². The van der Waals surface area contributed by atoms with Crippen molar-refractivity contribution in [1.29, 1.82) is 0 Å². The van der Waals surface area contributed by atoms with Crippen molar-refractivity contribution in [3.63, 3.8) is 0 Å². The van der Waals surface area contributed by atoms with E-state index >= 15 is 0 Å². The van der Waals surface area contributed by atoms with Crippen molar-refractivity contribution in [3.05, 3.63) is 64.1 Å². The van der Waals surface area contributed by atoms with Crippen LogP contribution in [0.1, 0.15) is 22.3 Å². The van der Waals surface area contributed by atoms with Gasteiger partial charge in [0, 0.05) is 16.0 Å². The normalized spacial score (nSPS) is 10.9. The quantitative estimate of drug-likeness (QED) is 0.474. The minimum absolute atomic E-state index is 0.297. The lowest BCUT2D eigenvalue weighted by Crippen LogP contribution is -2.13. The van der Waals surface area contributed by atoms with E-state index in [1.54, 1.807) is 31.4 Å². The number of hydrogen-bond acceptors (Lipinski definition) is 6. The summed E-state index contributed by atoms with van der Waals surface area (Å²) in [6.07, 6.45) is 0.763. The molecule has 6 nitrogen and oxygen atoms in total. The number of fused-ring (bicyclic) bond motifs is 1. The molecule has 0 atom stereocenters. The molecule has 2 aromatic heterocycles. The number of pyridine rings is 1. The number of carbonyl (C=O) groups excluding carboxylic acids is 1. The molecule has 1 amide bonds. The molecule has 0 bridgehead atoms. The molecule has 0 saturated carbocycles. The first-order chi connectivity index (χ1) is 14.1. The fourth-order valence-corrected chi connectivity index (χ4v) is 3.84. The standard InChI is InChI=1S/C21H17ClN4O2S/c1-3-19-25-26-21(29-19)24-20(27)15-11-17(13-6-4-5-7-18(13)28-2)23-16-9-8-12(22)10-14(15)16/h4-11H,3H2,1-2H3,(H,24,26,27). The average Bonchev–Trinajstić information content (AvgIpc) is 3.20. The highest BCUT2D eigenvalue weighted by molar-refractivity contribution is 7.15. The van der Waals surface area contributed by atoms with Crippen molar-refractivity contribution >= 4 is 44.9 Å². The van der Waals surface area contributed by atoms with Crippen LogP contribution >= 0.6 is 22.9 Å². The first-order valence-corrected chi connectivity index (χ1v) is 10.2. The minimum Gasteiger partial charge on any atom is -0.496 e. The van der Waals surface area contributed by atoms with E-state index < -0.39 is 0 Å². The third-order valence-corrected chi connectivity index (χ3v) is 5.61. The smallest absolute Gasteiger partial charge is 0.258 e. The number of hydrogen-bond donors (Lipinski definition) is 1. The van der Waals surface area contributed by atoms with Crippen molar-refractivity contribution in [3.8, 4) is 17.0 Å². The number of amides is 1. The molecule has 146 valence electrons. The number of para-hydroxylation sites is 1. The Kier molecular flexibility index (Phi) is 5.42. The highest BCUT2D eigenvalue weighted by Crippen LogP contribution is 2.32. The number of nitrogens with zero attached hydrogens (tertiary/aromatic N) is 3. The fourth-order valence-electron chi connectivity index (χ4n) is 2.99. The molecular formula is C21H17ClN4O2S. The number of anilines is 1. The third kappa shape index (κ3) is 3.92. The molecule has 0 aliphatic carbocycles. The van der Waals surface area contributed by atoms with Crippen molar-refractivity contribution in [2.45, 2.75) is 13.3 Å². The largest absolute Gasteiger partial charge is 0.496 e. The predicted molar refractivity (Wildman–Crippen MR) is 116 cm³/mol. The fraction of sp³-hybridized carbons (Fsp3) is 0.143. The van der Waals surface area contributed by atoms with Gasteiger partial charge in [0.1, 0.15) is 10.8 Å². The van der Waals surface area contributed by atoms with Gasteiger partial charge < -0.3 is 4.74 Å². The Balaban J connectivity index is 1.84. The van der Waals surface area contributed by atoms with E-state index in [4.69, 9.17) is 21.3 Å². The van der Waals surface area contributed by atoms with Crippen molar-refractivity contribution < 1.29 is 9.53 Å². The SMILES string of the molecule is CCc1nnc(NC(=O)c2cc(-c3ccccc3OC)nc3ccc(Cl)cc23)s1. The second-order valence-electron chi connectivity index (χ2n) is 6.23. The Morgan fingerprint density at radius 1 is 1.17 bits per heavy atom. The number of nitrogens with one attached hydrogen (secondary N) is 1. The van der Waals surface area contributed by atoms with E-state index in [0.29, 0.717) is 38.1 Å². The molecule has 0 saturated heterocycles. The second kappa shape index (κ2) is 8.14. The Hall–Kier alpha value is -3.03. The number of methoxy groups -OCH3 is 1. The Labute approximate surface area is 176 Å². The maximum atomic E-state index is 13.1. The van der Waals surface area contributed by atoms with Gasteiger partial charge in [-0.05, 0) is 42.8 Å². The Morgan fingerprint density at radius 3 is 2.76 bits per heavy atom. The average molecular weight is 425 g/mol. The number of ether oxygens (including phenoxy) is 1. The molecular weight excluding hydrogens is 408 g/mol. The van der Waals surface area contributed by atoms with Crippen molar-refractivity contribution in [2.75, 3.05) is 12.4 Å². The van der Waals surface area contributed by atoms with E-state index in [1.165, 1.54) is 11.3 Å². The van der Waals surface area contributed by atoms with E-state index in [-0.39, 0.29) is 5.91 Å².